The van der Waals surface area contributed by atoms with Gasteiger partial charge in [-0.2, -0.15) is 0 Å². The lowest BCUT2D eigenvalue weighted by Gasteiger charge is -2.27. The van der Waals surface area contributed by atoms with Crippen molar-refractivity contribution in [3.05, 3.63) is 51.1 Å². The Hall–Kier alpha value is -2.54. The molecule has 0 spiro atoms. The Morgan fingerprint density at radius 2 is 1.83 bits per heavy atom. The number of rotatable bonds is 4. The van der Waals surface area contributed by atoms with E-state index in [1.165, 1.54) is 42.6 Å². The predicted octanol–water partition coefficient (Wildman–Crippen LogP) is 2.40. The minimum absolute atomic E-state index is 0.0184. The quantitative estimate of drug-likeness (QED) is 0.696. The van der Waals surface area contributed by atoms with Crippen LogP contribution >= 0.6 is 0 Å². The molecule has 5 rings (SSSR count). The van der Waals surface area contributed by atoms with Crippen LogP contribution in [0.3, 0.4) is 0 Å². The highest BCUT2D eigenvalue weighted by Gasteiger charge is 2.37. The van der Waals surface area contributed by atoms with Crippen LogP contribution in [0.25, 0.3) is 10.9 Å². The molecule has 0 amide bonds. The number of likely N-dealkylation sites (tertiary alicyclic amines) is 1. The predicted molar refractivity (Wildman–Crippen MR) is 116 cm³/mol. The highest BCUT2D eigenvalue weighted by Crippen LogP contribution is 2.30. The maximum Gasteiger partial charge on any atom is 0.258 e. The lowest BCUT2D eigenvalue weighted by molar-refractivity contribution is -0.914. The molecule has 0 unspecified atom stereocenters. The molecule has 7 nitrogen and oxygen atoms in total. The molecule has 1 aromatic carbocycles. The second kappa shape index (κ2) is 7.95. The summed E-state index contributed by atoms with van der Waals surface area (Å²) in [6.45, 7) is 6.27. The van der Waals surface area contributed by atoms with Crippen molar-refractivity contribution in [1.29, 1.82) is 0 Å². The van der Waals surface area contributed by atoms with Gasteiger partial charge in [0.15, 0.2) is 6.04 Å². The average molecular weight is 408 g/mol. The highest BCUT2D eigenvalue weighted by atomic mass is 16.1. The first kappa shape index (κ1) is 19.4. The van der Waals surface area contributed by atoms with Gasteiger partial charge in [0.2, 0.25) is 5.82 Å². The summed E-state index contributed by atoms with van der Waals surface area (Å²) in [5.41, 5.74) is 4.02. The van der Waals surface area contributed by atoms with E-state index in [4.69, 9.17) is 0 Å². The third-order valence-corrected chi connectivity index (χ3v) is 7.00. The van der Waals surface area contributed by atoms with E-state index in [1.54, 1.807) is 0 Å². The van der Waals surface area contributed by atoms with E-state index in [-0.39, 0.29) is 11.6 Å². The fourth-order valence-electron chi connectivity index (χ4n) is 5.54. The van der Waals surface area contributed by atoms with E-state index in [2.05, 4.69) is 52.6 Å². The van der Waals surface area contributed by atoms with Crippen LogP contribution < -0.4 is 10.5 Å². The second-order valence-corrected chi connectivity index (χ2v) is 9.17. The third-order valence-electron chi connectivity index (χ3n) is 7.00. The molecule has 30 heavy (non-hydrogen) atoms. The van der Waals surface area contributed by atoms with Crippen molar-refractivity contribution in [2.45, 2.75) is 70.9 Å². The van der Waals surface area contributed by atoms with Crippen LogP contribution in [0.5, 0.6) is 0 Å². The molecule has 2 aliphatic rings. The number of aromatic amines is 1. The van der Waals surface area contributed by atoms with Crippen LogP contribution in [0.2, 0.25) is 0 Å². The summed E-state index contributed by atoms with van der Waals surface area (Å²) < 4.78 is 2.04. The Morgan fingerprint density at radius 3 is 2.60 bits per heavy atom. The van der Waals surface area contributed by atoms with Gasteiger partial charge in [-0.25, -0.2) is 4.68 Å². The van der Waals surface area contributed by atoms with Crippen molar-refractivity contribution in [2.24, 2.45) is 0 Å². The summed E-state index contributed by atoms with van der Waals surface area (Å²) in [6.07, 6.45) is 8.33. The van der Waals surface area contributed by atoms with Gasteiger partial charge in [-0.3, -0.25) is 4.79 Å². The number of nitrogens with one attached hydrogen (secondary N) is 2. The Morgan fingerprint density at radius 1 is 1.07 bits per heavy atom. The minimum atomic E-state index is -0.127. The second-order valence-electron chi connectivity index (χ2n) is 9.17. The van der Waals surface area contributed by atoms with E-state index in [1.807, 2.05) is 4.68 Å². The molecule has 2 aromatic heterocycles. The lowest BCUT2D eigenvalue weighted by atomic mass is 9.95. The molecular weight excluding hydrogens is 376 g/mol. The van der Waals surface area contributed by atoms with E-state index in [0.717, 1.165) is 53.8 Å². The summed E-state index contributed by atoms with van der Waals surface area (Å²) in [5, 5.41) is 14.1. The number of aryl methyl sites for hydroxylation is 2. The number of hydrogen-bond donors (Lipinski definition) is 2. The number of benzene rings is 1. The highest BCUT2D eigenvalue weighted by molar-refractivity contribution is 5.83. The molecule has 2 fully saturated rings. The molecule has 0 bridgehead atoms. The van der Waals surface area contributed by atoms with Crippen LogP contribution in [-0.4, -0.2) is 38.3 Å². The van der Waals surface area contributed by atoms with Crippen molar-refractivity contribution >= 4 is 10.9 Å². The zero-order chi connectivity index (χ0) is 20.7. The van der Waals surface area contributed by atoms with Crippen LogP contribution in [0.1, 0.15) is 79.5 Å². The zero-order valence-electron chi connectivity index (χ0n) is 17.9. The van der Waals surface area contributed by atoms with Crippen molar-refractivity contribution < 1.29 is 4.90 Å². The fraction of sp³-hybridized carbons (Fsp3) is 0.565. The molecule has 1 saturated carbocycles. The molecule has 1 aliphatic carbocycles. The van der Waals surface area contributed by atoms with Gasteiger partial charge >= 0.3 is 0 Å². The summed E-state index contributed by atoms with van der Waals surface area (Å²) in [5.74, 6) is 0.855. The van der Waals surface area contributed by atoms with Crippen molar-refractivity contribution in [2.75, 3.05) is 13.1 Å². The van der Waals surface area contributed by atoms with Gasteiger partial charge in [-0.15, -0.1) is 5.10 Å². The number of fused-ring (bicyclic) bond motifs is 1. The number of hydrogen-bond acceptors (Lipinski definition) is 4. The number of nitrogens with zero attached hydrogens (tertiary/aromatic N) is 4. The normalized spacial score (nSPS) is 19.5. The lowest BCUT2D eigenvalue weighted by Crippen LogP contribution is -3.10. The topological polar surface area (TPSA) is 80.9 Å². The average Bonchev–Trinajstić information content (AvgIpc) is 3.42. The van der Waals surface area contributed by atoms with E-state index in [0.29, 0.717) is 6.04 Å². The van der Waals surface area contributed by atoms with Crippen molar-refractivity contribution in [1.82, 2.24) is 25.2 Å². The van der Waals surface area contributed by atoms with Gasteiger partial charge in [0.1, 0.15) is 0 Å². The van der Waals surface area contributed by atoms with Gasteiger partial charge in [-0.1, -0.05) is 25.3 Å². The molecule has 158 valence electrons. The maximum absolute atomic E-state index is 13.3. The van der Waals surface area contributed by atoms with E-state index < -0.39 is 0 Å². The van der Waals surface area contributed by atoms with Crippen LogP contribution in [0.15, 0.2) is 23.0 Å². The summed E-state index contributed by atoms with van der Waals surface area (Å²) in [6, 6.07) is 6.54. The first-order chi connectivity index (χ1) is 14.6. The van der Waals surface area contributed by atoms with E-state index in [9.17, 15) is 4.79 Å². The number of pyridine rings is 1. The maximum atomic E-state index is 13.3. The molecular formula is C23H31N6O+. The largest absolute Gasteiger partial charge is 0.322 e. The van der Waals surface area contributed by atoms with Gasteiger partial charge in [0, 0.05) is 23.7 Å². The van der Waals surface area contributed by atoms with E-state index >= 15 is 0 Å². The van der Waals surface area contributed by atoms with Crippen LogP contribution in [0.4, 0.5) is 0 Å². The number of quaternary nitrogens is 1. The Kier molecular flexibility index (Phi) is 5.15. The Bertz CT molecular complexity index is 1100. The third kappa shape index (κ3) is 3.45. The SMILES string of the molecule is Cc1cc(C)c2cc([C@H](c3nnnn3C3CCCCC3)[NH+]3CCCC3)c(=O)[nH]c2c1. The monoisotopic (exact) mass is 407 g/mol. The molecule has 1 aliphatic heterocycles. The first-order valence-electron chi connectivity index (χ1n) is 11.4. The molecule has 1 saturated heterocycles. The van der Waals surface area contributed by atoms with Gasteiger partial charge < -0.3 is 9.88 Å². The number of H-pyrrole nitrogens is 1. The smallest absolute Gasteiger partial charge is 0.258 e. The molecule has 0 radical (unpaired) electrons. The van der Waals surface area contributed by atoms with Gasteiger partial charge in [-0.05, 0) is 60.4 Å². The molecule has 3 heterocycles. The van der Waals surface area contributed by atoms with Gasteiger partial charge in [0.05, 0.1) is 24.7 Å². The molecule has 1 atom stereocenters. The number of tetrazole rings is 1. The fourth-order valence-corrected chi connectivity index (χ4v) is 5.54. The summed E-state index contributed by atoms with van der Waals surface area (Å²) >= 11 is 0. The Balaban J connectivity index is 1.66. The van der Waals surface area contributed by atoms with Crippen molar-refractivity contribution in [3.63, 3.8) is 0 Å². The van der Waals surface area contributed by atoms with Crippen LogP contribution in [0, 0.1) is 13.8 Å². The number of aromatic nitrogens is 5. The standard InChI is InChI=1S/C23H30N6O/c1-15-12-16(2)18-14-19(23(30)24-20(18)13-15)21(28-10-6-7-11-28)22-25-26-27-29(22)17-8-4-3-5-9-17/h12-14,17,21H,3-11H2,1-2H3,(H,24,30)/p+1/t21-/m1/s1. The van der Waals surface area contributed by atoms with Crippen LogP contribution in [-0.2, 0) is 0 Å². The van der Waals surface area contributed by atoms with Gasteiger partial charge in [0.25, 0.3) is 5.56 Å². The minimum Gasteiger partial charge on any atom is -0.322 e. The first-order valence-corrected chi connectivity index (χ1v) is 11.4. The molecule has 3 aromatic rings. The molecule has 2 N–H and O–H groups in total. The molecule has 7 heteroatoms. The summed E-state index contributed by atoms with van der Waals surface area (Å²) in [4.78, 5) is 17.8. The van der Waals surface area contributed by atoms with Crippen molar-refractivity contribution in [3.8, 4) is 0 Å². The Labute approximate surface area is 176 Å². The zero-order valence-corrected chi connectivity index (χ0v) is 17.9. The summed E-state index contributed by atoms with van der Waals surface area (Å²) in [7, 11) is 0.